The summed E-state index contributed by atoms with van der Waals surface area (Å²) in [4.78, 5) is 13.1. The van der Waals surface area contributed by atoms with E-state index in [0.29, 0.717) is 16.3 Å². The molecule has 2 heterocycles. The average molecular weight is 303 g/mol. The number of rotatable bonds is 2. The summed E-state index contributed by atoms with van der Waals surface area (Å²) in [5, 5.41) is 19.5. The van der Waals surface area contributed by atoms with Crippen LogP contribution < -0.4 is 10.6 Å². The Labute approximate surface area is 127 Å². The van der Waals surface area contributed by atoms with Crippen LogP contribution in [0.4, 0.5) is 15.5 Å². The molecule has 0 aliphatic rings. The first-order valence-electron chi connectivity index (χ1n) is 6.43. The highest BCUT2D eigenvalue weighted by Crippen LogP contribution is 2.31. The zero-order valence-corrected chi connectivity index (χ0v) is 13.5. The zero-order chi connectivity index (χ0) is 15.7. The molecule has 0 bridgehead atoms. The topological polar surface area (TPSA) is 82.7 Å². The lowest BCUT2D eigenvalue weighted by Crippen LogP contribution is -2.20. The third kappa shape index (κ3) is 2.76. The monoisotopic (exact) mass is 303 g/mol. The van der Waals surface area contributed by atoms with Gasteiger partial charge in [0.15, 0.2) is 0 Å². The lowest BCUT2D eigenvalue weighted by atomic mass is 10.2. The van der Waals surface area contributed by atoms with Crippen molar-refractivity contribution in [1.82, 2.24) is 9.78 Å². The largest absolute Gasteiger partial charge is 0.324 e. The van der Waals surface area contributed by atoms with E-state index in [9.17, 15) is 10.1 Å². The maximum atomic E-state index is 12.1. The van der Waals surface area contributed by atoms with Crippen LogP contribution >= 0.6 is 11.3 Å². The third-order valence-electron chi connectivity index (χ3n) is 3.47. The lowest BCUT2D eigenvalue weighted by Gasteiger charge is -2.07. The van der Waals surface area contributed by atoms with Crippen LogP contribution in [0.3, 0.4) is 0 Å². The van der Waals surface area contributed by atoms with Crippen LogP contribution in [-0.4, -0.2) is 15.8 Å². The van der Waals surface area contributed by atoms with Crippen LogP contribution in [0.1, 0.15) is 27.4 Å². The summed E-state index contributed by atoms with van der Waals surface area (Å²) in [5.74, 6) is 0. The van der Waals surface area contributed by atoms with Gasteiger partial charge in [-0.05, 0) is 33.3 Å². The summed E-state index contributed by atoms with van der Waals surface area (Å²) in [6, 6.07) is 1.76. The van der Waals surface area contributed by atoms with Gasteiger partial charge in [-0.1, -0.05) is 0 Å². The average Bonchev–Trinajstić information content (AvgIpc) is 2.81. The van der Waals surface area contributed by atoms with Crippen molar-refractivity contribution in [2.75, 3.05) is 10.6 Å². The van der Waals surface area contributed by atoms with Gasteiger partial charge in [-0.25, -0.2) is 4.79 Å². The van der Waals surface area contributed by atoms with E-state index >= 15 is 0 Å². The van der Waals surface area contributed by atoms with E-state index in [4.69, 9.17) is 0 Å². The molecule has 2 N–H and O–H groups in total. The van der Waals surface area contributed by atoms with Crippen LogP contribution in [0.2, 0.25) is 0 Å². The van der Waals surface area contributed by atoms with Gasteiger partial charge in [-0.3, -0.25) is 10.00 Å². The fraction of sp³-hybridized carbons (Fsp3) is 0.357. The summed E-state index contributed by atoms with van der Waals surface area (Å²) in [6.45, 7) is 7.53. The number of carbonyl (C=O) groups excluding carboxylic acids is 1. The first kappa shape index (κ1) is 15.1. The Balaban J connectivity index is 2.20. The number of nitrogens with one attached hydrogen (secondary N) is 2. The summed E-state index contributed by atoms with van der Waals surface area (Å²) in [6.07, 6.45) is 0. The highest BCUT2D eigenvalue weighted by molar-refractivity contribution is 7.16. The molecule has 2 amide bonds. The number of hydrogen-bond acceptors (Lipinski definition) is 4. The number of carbonyl (C=O) groups is 1. The number of thiophene rings is 1. The number of aryl methyl sites for hydroxylation is 3. The molecule has 0 spiro atoms. The molecule has 0 atom stereocenters. The second kappa shape index (κ2) is 5.58. The van der Waals surface area contributed by atoms with Crippen molar-refractivity contribution < 1.29 is 4.79 Å². The van der Waals surface area contributed by atoms with Crippen LogP contribution in [-0.2, 0) is 7.05 Å². The van der Waals surface area contributed by atoms with Gasteiger partial charge in [0.1, 0.15) is 11.1 Å². The van der Waals surface area contributed by atoms with Gasteiger partial charge in [-0.2, -0.15) is 10.4 Å². The van der Waals surface area contributed by atoms with Gasteiger partial charge in [0.05, 0.1) is 22.6 Å². The van der Waals surface area contributed by atoms with Gasteiger partial charge >= 0.3 is 6.03 Å². The normalized spacial score (nSPS) is 10.3. The molecule has 0 aliphatic carbocycles. The van der Waals surface area contributed by atoms with Crippen molar-refractivity contribution in [3.63, 3.8) is 0 Å². The molecule has 0 saturated heterocycles. The molecule has 0 aromatic carbocycles. The number of nitrogens with zero attached hydrogens (tertiary/aromatic N) is 3. The third-order valence-corrected chi connectivity index (χ3v) is 4.59. The fourth-order valence-electron chi connectivity index (χ4n) is 2.05. The highest BCUT2D eigenvalue weighted by atomic mass is 32.1. The number of amides is 2. The molecule has 21 heavy (non-hydrogen) atoms. The lowest BCUT2D eigenvalue weighted by molar-refractivity contribution is 0.262. The Bertz CT molecular complexity index is 750. The van der Waals surface area contributed by atoms with E-state index in [-0.39, 0.29) is 6.03 Å². The van der Waals surface area contributed by atoms with E-state index < -0.39 is 0 Å². The standard InChI is InChI=1S/C14H17N5OS/c1-7-10(4)21-13(11(7)6-15)17-14(20)16-12-8(2)18-19(5)9(12)3/h1-5H3,(H2,16,17,20). The molecule has 2 aromatic rings. The Morgan fingerprint density at radius 3 is 2.48 bits per heavy atom. The number of urea groups is 1. The van der Waals surface area contributed by atoms with Gasteiger partial charge in [0.2, 0.25) is 0 Å². The van der Waals surface area contributed by atoms with Gasteiger partial charge in [0.25, 0.3) is 0 Å². The number of anilines is 2. The predicted molar refractivity (Wildman–Crippen MR) is 83.8 cm³/mol. The van der Waals surface area contributed by atoms with Gasteiger partial charge < -0.3 is 5.32 Å². The van der Waals surface area contributed by atoms with Gasteiger partial charge in [0, 0.05) is 11.9 Å². The Morgan fingerprint density at radius 1 is 1.29 bits per heavy atom. The molecule has 0 aliphatic heterocycles. The smallest absolute Gasteiger partial charge is 0.304 e. The SMILES string of the molecule is Cc1nn(C)c(C)c1NC(=O)Nc1sc(C)c(C)c1C#N. The van der Waals surface area contributed by atoms with E-state index in [1.54, 1.807) is 4.68 Å². The predicted octanol–water partition coefficient (Wildman–Crippen LogP) is 3.23. The maximum Gasteiger partial charge on any atom is 0.324 e. The number of hydrogen-bond donors (Lipinski definition) is 2. The molecule has 110 valence electrons. The van der Waals surface area contributed by atoms with Crippen molar-refractivity contribution in [3.8, 4) is 6.07 Å². The van der Waals surface area contributed by atoms with E-state index in [0.717, 1.165) is 21.8 Å². The second-order valence-corrected chi connectivity index (χ2v) is 6.07. The van der Waals surface area contributed by atoms with Crippen molar-refractivity contribution in [3.05, 3.63) is 27.4 Å². The van der Waals surface area contributed by atoms with E-state index in [1.807, 2.05) is 34.7 Å². The first-order chi connectivity index (χ1) is 9.85. The van der Waals surface area contributed by atoms with Crippen molar-refractivity contribution in [1.29, 1.82) is 5.26 Å². The van der Waals surface area contributed by atoms with Crippen LogP contribution in [0.25, 0.3) is 0 Å². The van der Waals surface area contributed by atoms with E-state index in [1.165, 1.54) is 11.3 Å². The van der Waals surface area contributed by atoms with Crippen LogP contribution in [0.15, 0.2) is 0 Å². The minimum Gasteiger partial charge on any atom is -0.304 e. The molecule has 2 aromatic heterocycles. The van der Waals surface area contributed by atoms with Crippen molar-refractivity contribution >= 4 is 28.1 Å². The summed E-state index contributed by atoms with van der Waals surface area (Å²) in [7, 11) is 1.82. The summed E-state index contributed by atoms with van der Waals surface area (Å²) >= 11 is 1.40. The molecule has 2 rings (SSSR count). The molecular weight excluding hydrogens is 286 g/mol. The quantitative estimate of drug-likeness (QED) is 0.893. The minimum absolute atomic E-state index is 0.369. The van der Waals surface area contributed by atoms with Crippen LogP contribution in [0.5, 0.6) is 0 Å². The maximum absolute atomic E-state index is 12.1. The summed E-state index contributed by atoms with van der Waals surface area (Å²) < 4.78 is 1.71. The zero-order valence-electron chi connectivity index (χ0n) is 12.7. The molecule has 6 nitrogen and oxygen atoms in total. The number of nitriles is 1. The molecule has 0 radical (unpaired) electrons. The highest BCUT2D eigenvalue weighted by Gasteiger charge is 2.16. The summed E-state index contributed by atoms with van der Waals surface area (Å²) in [5.41, 5.74) is 3.75. The van der Waals surface area contributed by atoms with Crippen molar-refractivity contribution in [2.45, 2.75) is 27.7 Å². The van der Waals surface area contributed by atoms with Gasteiger partial charge in [-0.15, -0.1) is 11.3 Å². The minimum atomic E-state index is -0.369. The molecule has 0 fully saturated rings. The molecule has 0 unspecified atom stereocenters. The first-order valence-corrected chi connectivity index (χ1v) is 7.25. The fourth-order valence-corrected chi connectivity index (χ4v) is 3.06. The van der Waals surface area contributed by atoms with E-state index in [2.05, 4.69) is 21.8 Å². The Kier molecular flexibility index (Phi) is 4.00. The molecular formula is C14H17N5OS. The molecule has 0 saturated carbocycles. The molecule has 7 heteroatoms. The van der Waals surface area contributed by atoms with Crippen LogP contribution in [0, 0.1) is 39.0 Å². The van der Waals surface area contributed by atoms with Crippen molar-refractivity contribution in [2.24, 2.45) is 7.05 Å². The second-order valence-electron chi connectivity index (χ2n) is 4.85. The Morgan fingerprint density at radius 2 is 1.95 bits per heavy atom. The Hall–Kier alpha value is -2.33. The number of aromatic nitrogens is 2.